The fourth-order valence-corrected chi connectivity index (χ4v) is 4.82. The van der Waals surface area contributed by atoms with Gasteiger partial charge < -0.3 is 26.0 Å². The maximum absolute atomic E-state index is 13.8. The molecule has 0 bridgehead atoms. The first-order chi connectivity index (χ1) is 18.2. The second kappa shape index (κ2) is 10.3. The van der Waals surface area contributed by atoms with Crippen LogP contribution < -0.4 is 26.0 Å². The van der Waals surface area contributed by atoms with Gasteiger partial charge in [-0.1, -0.05) is 24.8 Å². The normalized spacial score (nSPS) is 15.7. The van der Waals surface area contributed by atoms with Crippen LogP contribution in [0.1, 0.15) is 41.0 Å². The average molecular weight is 525 g/mol. The molecule has 1 saturated heterocycles. The molecule has 11 heteroatoms. The maximum Gasteiger partial charge on any atom is 0.421 e. The molecule has 0 atom stereocenters. The standard InChI is InChI=1S/C27H27F3N6O2/c1-15-23-18(4-3-5-21(23)34-25(15)37)13-32-24-19(27(28,29)30)14-33-26(36-24)35-20-7-6-17(12-22(20)38-2)16-8-10-31-11-9-16/h3-7,12,14,16,31H,1,8-11,13H2,2H3,(H,34,37)(H2,32,33,35,36). The molecule has 0 saturated carbocycles. The number of aromatic nitrogens is 2. The van der Waals surface area contributed by atoms with Gasteiger partial charge >= 0.3 is 6.18 Å². The van der Waals surface area contributed by atoms with Gasteiger partial charge in [-0.15, -0.1) is 0 Å². The summed E-state index contributed by atoms with van der Waals surface area (Å²) in [5.74, 6) is 0.221. The number of fused-ring (bicyclic) bond motifs is 1. The Labute approximate surface area is 217 Å². The lowest BCUT2D eigenvalue weighted by molar-refractivity contribution is -0.137. The lowest BCUT2D eigenvalue weighted by Gasteiger charge is -2.24. The van der Waals surface area contributed by atoms with Crippen molar-refractivity contribution in [3.8, 4) is 5.75 Å². The molecule has 4 N–H and O–H groups in total. The number of piperidine rings is 1. The molecule has 38 heavy (non-hydrogen) atoms. The summed E-state index contributed by atoms with van der Waals surface area (Å²) in [6.45, 7) is 5.69. The van der Waals surface area contributed by atoms with Crippen molar-refractivity contribution >= 4 is 34.6 Å². The lowest BCUT2D eigenvalue weighted by atomic mass is 9.90. The van der Waals surface area contributed by atoms with Gasteiger partial charge in [0.05, 0.1) is 12.8 Å². The molecule has 5 rings (SSSR count). The van der Waals surface area contributed by atoms with Gasteiger partial charge in [-0.2, -0.15) is 18.2 Å². The number of nitrogens with zero attached hydrogens (tertiary/aromatic N) is 2. The monoisotopic (exact) mass is 524 g/mol. The van der Waals surface area contributed by atoms with Crippen LogP contribution in [-0.2, 0) is 17.5 Å². The van der Waals surface area contributed by atoms with Crippen LogP contribution in [0.5, 0.6) is 5.75 Å². The van der Waals surface area contributed by atoms with Gasteiger partial charge in [0.15, 0.2) is 0 Å². The van der Waals surface area contributed by atoms with Gasteiger partial charge in [0.2, 0.25) is 5.95 Å². The zero-order chi connectivity index (χ0) is 26.9. The van der Waals surface area contributed by atoms with Crippen molar-refractivity contribution in [1.29, 1.82) is 0 Å². The largest absolute Gasteiger partial charge is 0.495 e. The van der Waals surface area contributed by atoms with E-state index in [4.69, 9.17) is 4.74 Å². The van der Waals surface area contributed by atoms with Crippen LogP contribution >= 0.6 is 0 Å². The van der Waals surface area contributed by atoms with Crippen LogP contribution in [0.3, 0.4) is 0 Å². The van der Waals surface area contributed by atoms with Crippen molar-refractivity contribution in [2.75, 3.05) is 36.1 Å². The molecule has 0 unspecified atom stereocenters. The summed E-state index contributed by atoms with van der Waals surface area (Å²) in [5, 5.41) is 11.8. The molecule has 0 aliphatic carbocycles. The van der Waals surface area contributed by atoms with E-state index in [1.54, 1.807) is 25.3 Å². The second-order valence-corrected chi connectivity index (χ2v) is 9.19. The van der Waals surface area contributed by atoms with Gasteiger partial charge in [0.1, 0.15) is 17.1 Å². The van der Waals surface area contributed by atoms with Crippen LogP contribution in [0.4, 0.5) is 36.3 Å². The fraction of sp³-hybridized carbons (Fsp3) is 0.296. The number of carbonyl (C=O) groups is 1. The SMILES string of the molecule is C=C1C(=O)Nc2cccc(CNc3nc(Nc4ccc(C5CCNCC5)cc4OC)ncc3C(F)(F)F)c21. The summed E-state index contributed by atoms with van der Waals surface area (Å²) in [6, 6.07) is 10.9. The number of anilines is 4. The van der Waals surface area contributed by atoms with E-state index in [1.165, 1.54) is 0 Å². The molecule has 1 aromatic heterocycles. The summed E-state index contributed by atoms with van der Waals surface area (Å²) in [4.78, 5) is 20.1. The molecule has 3 heterocycles. The number of ether oxygens (including phenoxy) is 1. The van der Waals surface area contributed by atoms with Crippen LogP contribution in [0.25, 0.3) is 5.57 Å². The first-order valence-electron chi connectivity index (χ1n) is 12.2. The lowest BCUT2D eigenvalue weighted by Crippen LogP contribution is -2.26. The van der Waals surface area contributed by atoms with E-state index in [0.29, 0.717) is 34.2 Å². The number of rotatable bonds is 7. The molecular formula is C27H27F3N6O2. The average Bonchev–Trinajstić information content (AvgIpc) is 3.21. The highest BCUT2D eigenvalue weighted by molar-refractivity contribution is 6.31. The zero-order valence-corrected chi connectivity index (χ0v) is 20.7. The Morgan fingerprint density at radius 1 is 1.18 bits per heavy atom. The van der Waals surface area contributed by atoms with Crippen molar-refractivity contribution in [2.45, 2.75) is 31.5 Å². The molecule has 1 fully saturated rings. The van der Waals surface area contributed by atoms with Crippen molar-refractivity contribution in [1.82, 2.24) is 15.3 Å². The number of methoxy groups -OCH3 is 1. The van der Waals surface area contributed by atoms with E-state index in [2.05, 4.69) is 37.8 Å². The highest BCUT2D eigenvalue weighted by atomic mass is 19.4. The van der Waals surface area contributed by atoms with E-state index < -0.39 is 11.7 Å². The molecule has 1 amide bonds. The number of hydrogen-bond donors (Lipinski definition) is 4. The Bertz CT molecular complexity index is 1390. The third-order valence-electron chi connectivity index (χ3n) is 6.80. The van der Waals surface area contributed by atoms with Gasteiger partial charge in [-0.25, -0.2) is 4.98 Å². The molecule has 0 spiro atoms. The Kier molecular flexibility index (Phi) is 6.94. The first kappa shape index (κ1) is 25.5. The molecule has 198 valence electrons. The predicted molar refractivity (Wildman–Crippen MR) is 140 cm³/mol. The smallest absolute Gasteiger partial charge is 0.421 e. The van der Waals surface area contributed by atoms with Crippen molar-refractivity contribution < 1.29 is 22.7 Å². The van der Waals surface area contributed by atoms with Gasteiger partial charge in [0.25, 0.3) is 5.91 Å². The molecule has 3 aromatic rings. The summed E-state index contributed by atoms with van der Waals surface area (Å²) < 4.78 is 46.9. The molecule has 8 nitrogen and oxygen atoms in total. The van der Waals surface area contributed by atoms with Crippen LogP contribution in [0.15, 0.2) is 49.2 Å². The summed E-state index contributed by atoms with van der Waals surface area (Å²) in [6.07, 6.45) is -1.88. The van der Waals surface area contributed by atoms with E-state index in [9.17, 15) is 18.0 Å². The second-order valence-electron chi connectivity index (χ2n) is 9.19. The Morgan fingerprint density at radius 2 is 1.97 bits per heavy atom. The van der Waals surface area contributed by atoms with E-state index in [-0.39, 0.29) is 29.8 Å². The highest BCUT2D eigenvalue weighted by Crippen LogP contribution is 2.38. The third kappa shape index (κ3) is 5.14. The van der Waals surface area contributed by atoms with E-state index in [0.717, 1.165) is 37.7 Å². The first-order valence-corrected chi connectivity index (χ1v) is 12.2. The number of benzene rings is 2. The van der Waals surface area contributed by atoms with E-state index in [1.807, 2.05) is 18.2 Å². The Hall–Kier alpha value is -4.12. The van der Waals surface area contributed by atoms with Crippen molar-refractivity contribution in [2.24, 2.45) is 0 Å². The molecular weight excluding hydrogens is 497 g/mol. The number of halogens is 3. The topological polar surface area (TPSA) is 100 Å². The highest BCUT2D eigenvalue weighted by Gasteiger charge is 2.35. The van der Waals surface area contributed by atoms with Gasteiger partial charge in [0, 0.05) is 29.6 Å². The summed E-state index contributed by atoms with van der Waals surface area (Å²) in [5.41, 5.74) is 2.70. The molecule has 2 aromatic carbocycles. The van der Waals surface area contributed by atoms with Gasteiger partial charge in [-0.05, 0) is 61.2 Å². The van der Waals surface area contributed by atoms with Crippen LogP contribution in [0, 0.1) is 0 Å². The predicted octanol–water partition coefficient (Wildman–Crippen LogP) is 5.29. The number of nitrogens with one attached hydrogen (secondary N) is 4. The minimum absolute atomic E-state index is 0.00898. The van der Waals surface area contributed by atoms with Gasteiger partial charge in [-0.3, -0.25) is 4.79 Å². The van der Waals surface area contributed by atoms with E-state index >= 15 is 0 Å². The quantitative estimate of drug-likeness (QED) is 0.312. The van der Waals surface area contributed by atoms with Crippen molar-refractivity contribution in [3.05, 3.63) is 71.4 Å². The number of amides is 1. The fourth-order valence-electron chi connectivity index (χ4n) is 4.82. The molecule has 0 radical (unpaired) electrons. The Morgan fingerprint density at radius 3 is 2.71 bits per heavy atom. The number of alkyl halides is 3. The van der Waals surface area contributed by atoms with Crippen LogP contribution in [-0.4, -0.2) is 36.1 Å². The minimum Gasteiger partial charge on any atom is -0.495 e. The zero-order valence-electron chi connectivity index (χ0n) is 20.7. The Balaban J connectivity index is 1.40. The minimum atomic E-state index is -4.67. The number of carbonyl (C=O) groups excluding carboxylic acids is 1. The summed E-state index contributed by atoms with van der Waals surface area (Å²) >= 11 is 0. The molecule has 2 aliphatic heterocycles. The maximum atomic E-state index is 13.8. The third-order valence-corrected chi connectivity index (χ3v) is 6.80. The summed E-state index contributed by atoms with van der Waals surface area (Å²) in [7, 11) is 1.54. The number of hydrogen-bond acceptors (Lipinski definition) is 7. The van der Waals surface area contributed by atoms with Crippen molar-refractivity contribution in [3.63, 3.8) is 0 Å². The van der Waals surface area contributed by atoms with Crippen LogP contribution in [0.2, 0.25) is 0 Å². The molecule has 2 aliphatic rings.